The van der Waals surface area contributed by atoms with Gasteiger partial charge in [0.05, 0.1) is 5.88 Å². The topological polar surface area (TPSA) is 61.4 Å². The van der Waals surface area contributed by atoms with E-state index in [4.69, 9.17) is 4.55 Å². The van der Waals surface area contributed by atoms with Crippen LogP contribution in [0.1, 0.15) is 71.1 Å². The van der Waals surface area contributed by atoms with E-state index in [1.54, 1.807) is 0 Å². The highest BCUT2D eigenvalue weighted by atomic mass is 32.2. The third-order valence-electron chi connectivity index (χ3n) is 3.41. The zero-order valence-electron chi connectivity index (χ0n) is 13.2. The van der Waals surface area contributed by atoms with Crippen molar-refractivity contribution in [3.8, 4) is 0 Å². The Labute approximate surface area is 127 Å². The molecule has 0 aliphatic heterocycles. The highest BCUT2D eigenvalue weighted by molar-refractivity contribution is 7.79. The predicted octanol–water partition coefficient (Wildman–Crippen LogP) is 3.27. The van der Waals surface area contributed by atoms with E-state index < -0.39 is 11.1 Å². The van der Waals surface area contributed by atoms with Gasteiger partial charge in [0.15, 0.2) is 11.1 Å². The Morgan fingerprint density at radius 3 is 1.80 bits per heavy atom. The summed E-state index contributed by atoms with van der Waals surface area (Å²) >= 11 is -1.72. The number of rotatable bonds is 16. The van der Waals surface area contributed by atoms with E-state index in [0.717, 1.165) is 19.6 Å². The van der Waals surface area contributed by atoms with E-state index in [2.05, 4.69) is 17.6 Å². The molecule has 0 rings (SSSR count). The van der Waals surface area contributed by atoms with E-state index >= 15 is 0 Å². The van der Waals surface area contributed by atoms with Gasteiger partial charge in [-0.05, 0) is 13.0 Å². The van der Waals surface area contributed by atoms with E-state index in [1.165, 1.54) is 64.2 Å². The maximum Gasteiger partial charge on any atom is 0.167 e. The van der Waals surface area contributed by atoms with Crippen LogP contribution in [0, 0.1) is 0 Å². The lowest BCUT2D eigenvalue weighted by molar-refractivity contribution is 0.537. The predicted molar refractivity (Wildman–Crippen MR) is 88.4 cm³/mol. The second kappa shape index (κ2) is 17.1. The Hall–Kier alpha value is 0.0300. The molecule has 0 heterocycles. The fourth-order valence-corrected chi connectivity index (χ4v) is 2.52. The summed E-state index contributed by atoms with van der Waals surface area (Å²) in [6.07, 6.45) is 13.7. The summed E-state index contributed by atoms with van der Waals surface area (Å²) in [4.78, 5) is 0. The lowest BCUT2D eigenvalue weighted by Crippen LogP contribution is -2.29. The summed E-state index contributed by atoms with van der Waals surface area (Å²) in [6, 6.07) is 0. The second-order valence-electron chi connectivity index (χ2n) is 5.40. The van der Waals surface area contributed by atoms with Crippen LogP contribution in [0.4, 0.5) is 0 Å². The fourth-order valence-electron chi connectivity index (χ4n) is 2.20. The van der Waals surface area contributed by atoms with Crippen molar-refractivity contribution in [1.82, 2.24) is 10.6 Å². The summed E-state index contributed by atoms with van der Waals surface area (Å²) < 4.78 is 18.9. The molecule has 0 aromatic carbocycles. The van der Waals surface area contributed by atoms with Crippen LogP contribution in [0.3, 0.4) is 0 Å². The van der Waals surface area contributed by atoms with Crippen LogP contribution < -0.4 is 10.6 Å². The Morgan fingerprint density at radius 2 is 1.25 bits per heavy atom. The first-order valence-electron chi connectivity index (χ1n) is 8.26. The van der Waals surface area contributed by atoms with Crippen LogP contribution in [0.5, 0.6) is 0 Å². The first-order valence-corrected chi connectivity index (χ1v) is 9.54. The summed E-state index contributed by atoms with van der Waals surface area (Å²) in [5, 5.41) is 6.25. The van der Waals surface area contributed by atoms with Gasteiger partial charge in [0.2, 0.25) is 0 Å². The van der Waals surface area contributed by atoms with Crippen LogP contribution in [0.25, 0.3) is 0 Å². The van der Waals surface area contributed by atoms with Crippen molar-refractivity contribution in [3.05, 3.63) is 0 Å². The van der Waals surface area contributed by atoms with Crippen LogP contribution in [-0.4, -0.2) is 34.3 Å². The molecule has 0 radical (unpaired) electrons. The van der Waals surface area contributed by atoms with Gasteiger partial charge in [-0.1, -0.05) is 64.7 Å². The second-order valence-corrected chi connectivity index (χ2v) is 6.33. The lowest BCUT2D eigenvalue weighted by Gasteiger charge is -2.05. The zero-order chi connectivity index (χ0) is 14.9. The third kappa shape index (κ3) is 18.0. The molecule has 122 valence electrons. The standard InChI is InChI=1S/C15H34N2O2S/c1-2-3-4-5-6-7-8-9-10-11-12-16-13-14-17-15-20(18)19/h16-17H,2-15H2,1H3,(H,18,19). The van der Waals surface area contributed by atoms with Gasteiger partial charge in [0, 0.05) is 13.1 Å². The fraction of sp³-hybridized carbons (Fsp3) is 1.00. The quantitative estimate of drug-likeness (QED) is 0.302. The van der Waals surface area contributed by atoms with Crippen molar-refractivity contribution in [2.75, 3.05) is 25.5 Å². The molecule has 4 nitrogen and oxygen atoms in total. The first kappa shape index (κ1) is 20.0. The van der Waals surface area contributed by atoms with E-state index in [-0.39, 0.29) is 5.88 Å². The van der Waals surface area contributed by atoms with Crippen LogP contribution in [0.2, 0.25) is 0 Å². The number of hydrogen-bond donors (Lipinski definition) is 3. The molecule has 0 saturated carbocycles. The molecular weight excluding hydrogens is 272 g/mol. The molecule has 5 heteroatoms. The number of nitrogens with one attached hydrogen (secondary N) is 2. The maximum atomic E-state index is 10.4. The Kier molecular flexibility index (Phi) is 17.1. The lowest BCUT2D eigenvalue weighted by atomic mass is 10.1. The SMILES string of the molecule is CCCCCCCCCCCCNCCNCS(=O)O. The number of hydrogen-bond acceptors (Lipinski definition) is 3. The van der Waals surface area contributed by atoms with Gasteiger partial charge in [-0.25, -0.2) is 4.21 Å². The largest absolute Gasteiger partial charge is 0.315 e. The number of unbranched alkanes of at least 4 members (excludes halogenated alkanes) is 9. The summed E-state index contributed by atoms with van der Waals surface area (Å²) in [7, 11) is 0. The average molecular weight is 307 g/mol. The maximum absolute atomic E-state index is 10.4. The minimum atomic E-state index is -1.72. The van der Waals surface area contributed by atoms with Gasteiger partial charge in [0.1, 0.15) is 0 Å². The van der Waals surface area contributed by atoms with Gasteiger partial charge in [0.25, 0.3) is 0 Å². The molecule has 3 N–H and O–H groups in total. The Balaban J connectivity index is 2.94. The first-order chi connectivity index (χ1) is 9.77. The molecule has 1 atom stereocenters. The molecule has 1 unspecified atom stereocenters. The highest BCUT2D eigenvalue weighted by Crippen LogP contribution is 2.10. The minimum absolute atomic E-state index is 0.167. The summed E-state index contributed by atoms with van der Waals surface area (Å²) in [5.41, 5.74) is 0. The zero-order valence-corrected chi connectivity index (χ0v) is 14.0. The molecule has 0 aromatic rings. The van der Waals surface area contributed by atoms with Crippen molar-refractivity contribution in [3.63, 3.8) is 0 Å². The van der Waals surface area contributed by atoms with E-state index in [9.17, 15) is 4.21 Å². The molecule has 0 aromatic heterocycles. The van der Waals surface area contributed by atoms with Crippen LogP contribution >= 0.6 is 0 Å². The van der Waals surface area contributed by atoms with E-state index in [1.807, 2.05) is 0 Å². The summed E-state index contributed by atoms with van der Waals surface area (Å²) in [5.74, 6) is 0.167. The molecule has 0 bridgehead atoms. The van der Waals surface area contributed by atoms with Crippen molar-refractivity contribution < 1.29 is 8.76 Å². The van der Waals surface area contributed by atoms with E-state index in [0.29, 0.717) is 0 Å². The molecule has 0 aliphatic rings. The normalized spacial score (nSPS) is 12.7. The molecule has 20 heavy (non-hydrogen) atoms. The van der Waals surface area contributed by atoms with Gasteiger partial charge in [-0.2, -0.15) is 0 Å². The Morgan fingerprint density at radius 1 is 0.750 bits per heavy atom. The van der Waals surface area contributed by atoms with Crippen molar-refractivity contribution in [2.24, 2.45) is 0 Å². The average Bonchev–Trinajstić information content (AvgIpc) is 2.43. The smallest absolute Gasteiger partial charge is 0.167 e. The molecule has 0 saturated heterocycles. The van der Waals surface area contributed by atoms with Gasteiger partial charge in [-0.15, -0.1) is 0 Å². The molecule has 0 spiro atoms. The Bertz CT molecular complexity index is 216. The van der Waals surface area contributed by atoms with Gasteiger partial charge in [-0.3, -0.25) is 0 Å². The molecular formula is C15H34N2O2S. The van der Waals surface area contributed by atoms with Crippen molar-refractivity contribution >= 4 is 11.1 Å². The monoisotopic (exact) mass is 306 g/mol. The minimum Gasteiger partial charge on any atom is -0.315 e. The molecule has 0 aliphatic carbocycles. The third-order valence-corrected chi connectivity index (χ3v) is 3.86. The van der Waals surface area contributed by atoms with Crippen LogP contribution in [-0.2, 0) is 11.1 Å². The van der Waals surface area contributed by atoms with Crippen molar-refractivity contribution in [2.45, 2.75) is 71.1 Å². The van der Waals surface area contributed by atoms with Gasteiger partial charge < -0.3 is 15.2 Å². The van der Waals surface area contributed by atoms with Crippen molar-refractivity contribution in [1.29, 1.82) is 0 Å². The molecule has 0 fully saturated rings. The van der Waals surface area contributed by atoms with Crippen LogP contribution in [0.15, 0.2) is 0 Å². The summed E-state index contributed by atoms with van der Waals surface area (Å²) in [6.45, 7) is 4.94. The van der Waals surface area contributed by atoms with Gasteiger partial charge >= 0.3 is 0 Å². The molecule has 0 amide bonds. The highest BCUT2D eigenvalue weighted by Gasteiger charge is 1.94.